The zero-order valence-electron chi connectivity index (χ0n) is 16.6. The van der Waals surface area contributed by atoms with E-state index in [1.54, 1.807) is 24.0 Å². The first-order valence-corrected chi connectivity index (χ1v) is 9.78. The molecule has 150 valence electrons. The van der Waals surface area contributed by atoms with Crippen molar-refractivity contribution in [2.24, 2.45) is 0 Å². The number of benzene rings is 2. The molecule has 1 aliphatic heterocycles. The van der Waals surface area contributed by atoms with Gasteiger partial charge >= 0.3 is 0 Å². The smallest absolute Gasteiger partial charge is 0.254 e. The molecule has 7 heteroatoms. The molecule has 0 unspecified atom stereocenters. The van der Waals surface area contributed by atoms with Crippen LogP contribution >= 0.6 is 0 Å². The molecule has 6 nitrogen and oxygen atoms in total. The van der Waals surface area contributed by atoms with Crippen LogP contribution in [0, 0.1) is 12.7 Å². The van der Waals surface area contributed by atoms with Gasteiger partial charge in [0.2, 0.25) is 11.7 Å². The highest BCUT2D eigenvalue weighted by Crippen LogP contribution is 2.23. The number of halogens is 1. The Labute approximate surface area is 168 Å². The van der Waals surface area contributed by atoms with E-state index in [4.69, 9.17) is 4.52 Å². The van der Waals surface area contributed by atoms with Gasteiger partial charge in [-0.25, -0.2) is 4.39 Å². The lowest BCUT2D eigenvalue weighted by Crippen LogP contribution is -2.48. The molecule has 29 heavy (non-hydrogen) atoms. The molecule has 0 saturated carbocycles. The maximum atomic E-state index is 13.8. The maximum Gasteiger partial charge on any atom is 0.254 e. The van der Waals surface area contributed by atoms with Gasteiger partial charge in [0.1, 0.15) is 5.82 Å². The fraction of sp³-hybridized carbons (Fsp3) is 0.318. The Bertz CT molecular complexity index is 1010. The van der Waals surface area contributed by atoms with Crippen LogP contribution in [0.4, 0.5) is 10.1 Å². The van der Waals surface area contributed by atoms with Gasteiger partial charge in [-0.3, -0.25) is 4.79 Å². The molecule has 0 spiro atoms. The minimum atomic E-state index is -0.345. The molecule has 0 bridgehead atoms. The molecule has 1 fully saturated rings. The second-order valence-electron chi connectivity index (χ2n) is 7.16. The Hall–Kier alpha value is -3.22. The molecule has 0 aliphatic carbocycles. The van der Waals surface area contributed by atoms with E-state index in [0.29, 0.717) is 42.4 Å². The second kappa shape index (κ2) is 8.03. The number of carbonyl (C=O) groups excluding carboxylic acids is 1. The number of amides is 1. The summed E-state index contributed by atoms with van der Waals surface area (Å²) in [6, 6.07) is 12.7. The summed E-state index contributed by atoms with van der Waals surface area (Å²) < 4.78 is 18.9. The Balaban J connectivity index is 1.39. The van der Waals surface area contributed by atoms with E-state index in [9.17, 15) is 9.18 Å². The highest BCUT2D eigenvalue weighted by molar-refractivity contribution is 5.94. The third-order valence-corrected chi connectivity index (χ3v) is 5.25. The minimum absolute atomic E-state index is 0.122. The fourth-order valence-electron chi connectivity index (χ4n) is 3.41. The average molecular weight is 394 g/mol. The third kappa shape index (κ3) is 3.99. The third-order valence-electron chi connectivity index (χ3n) is 5.25. The average Bonchev–Trinajstić information content (AvgIpc) is 3.25. The lowest BCUT2D eigenvalue weighted by Gasteiger charge is -2.36. The van der Waals surface area contributed by atoms with Crippen LogP contribution in [0.25, 0.3) is 11.4 Å². The Morgan fingerprint density at radius 1 is 1.10 bits per heavy atom. The van der Waals surface area contributed by atoms with Crippen LogP contribution in [0.1, 0.15) is 28.7 Å². The molecule has 2 heterocycles. The monoisotopic (exact) mass is 394 g/mol. The molecule has 3 aromatic rings. The van der Waals surface area contributed by atoms with E-state index in [1.807, 2.05) is 31.2 Å². The molecular weight excluding hydrogens is 371 g/mol. The predicted octanol–water partition coefficient (Wildman–Crippen LogP) is 3.71. The molecule has 1 amide bonds. The summed E-state index contributed by atoms with van der Waals surface area (Å²) in [4.78, 5) is 21.0. The quantitative estimate of drug-likeness (QED) is 0.675. The minimum Gasteiger partial charge on any atom is -0.368 e. The number of anilines is 1. The lowest BCUT2D eigenvalue weighted by molar-refractivity contribution is 0.0746. The first kappa shape index (κ1) is 19.1. The van der Waals surface area contributed by atoms with E-state index >= 15 is 0 Å². The maximum absolute atomic E-state index is 13.8. The summed E-state index contributed by atoms with van der Waals surface area (Å²) in [5, 5.41) is 4.00. The van der Waals surface area contributed by atoms with Crippen molar-refractivity contribution < 1.29 is 13.7 Å². The van der Waals surface area contributed by atoms with Crippen LogP contribution in [0.2, 0.25) is 0 Å². The number of piperazine rings is 1. The summed E-state index contributed by atoms with van der Waals surface area (Å²) >= 11 is 0. The van der Waals surface area contributed by atoms with Gasteiger partial charge in [-0.1, -0.05) is 18.1 Å². The zero-order valence-corrected chi connectivity index (χ0v) is 16.6. The number of hydrogen-bond acceptors (Lipinski definition) is 5. The van der Waals surface area contributed by atoms with Crippen molar-refractivity contribution in [1.82, 2.24) is 15.0 Å². The molecule has 0 atom stereocenters. The number of aromatic nitrogens is 2. The summed E-state index contributed by atoms with van der Waals surface area (Å²) in [5.41, 5.74) is 2.94. The first-order valence-electron chi connectivity index (χ1n) is 9.78. The van der Waals surface area contributed by atoms with Crippen LogP contribution in [0.15, 0.2) is 47.0 Å². The number of aryl methyl sites for hydroxylation is 2. The number of nitrogens with zero attached hydrogens (tertiary/aromatic N) is 4. The highest BCUT2D eigenvalue weighted by atomic mass is 19.1. The summed E-state index contributed by atoms with van der Waals surface area (Å²) in [5.74, 6) is 0.748. The van der Waals surface area contributed by atoms with Crippen molar-refractivity contribution in [2.45, 2.75) is 20.3 Å². The van der Waals surface area contributed by atoms with E-state index < -0.39 is 0 Å². The SMILES string of the molecule is CCc1nc(-c2ccc(N3CCN(C(=O)c4ccc(C)c(F)c4)CC3)cc2)no1. The van der Waals surface area contributed by atoms with E-state index in [1.165, 1.54) is 6.07 Å². The molecule has 0 N–H and O–H groups in total. The van der Waals surface area contributed by atoms with E-state index in [-0.39, 0.29) is 11.7 Å². The predicted molar refractivity (Wildman–Crippen MR) is 108 cm³/mol. The second-order valence-corrected chi connectivity index (χ2v) is 7.16. The van der Waals surface area contributed by atoms with Gasteiger partial charge in [-0.2, -0.15) is 4.98 Å². The molecule has 1 saturated heterocycles. The van der Waals surface area contributed by atoms with E-state index in [2.05, 4.69) is 15.0 Å². The number of hydrogen-bond donors (Lipinski definition) is 0. The Morgan fingerprint density at radius 2 is 1.83 bits per heavy atom. The van der Waals surface area contributed by atoms with Crippen molar-refractivity contribution in [3.8, 4) is 11.4 Å². The zero-order chi connectivity index (χ0) is 20.4. The van der Waals surface area contributed by atoms with E-state index in [0.717, 1.165) is 24.3 Å². The van der Waals surface area contributed by atoms with Crippen LogP contribution in [-0.4, -0.2) is 47.1 Å². The van der Waals surface area contributed by atoms with Crippen molar-refractivity contribution in [3.63, 3.8) is 0 Å². The fourth-order valence-corrected chi connectivity index (χ4v) is 3.41. The normalized spacial score (nSPS) is 14.3. The van der Waals surface area contributed by atoms with Crippen LogP contribution < -0.4 is 4.90 Å². The molecular formula is C22H23FN4O2. The van der Waals surface area contributed by atoms with Crippen molar-refractivity contribution in [3.05, 3.63) is 65.3 Å². The van der Waals surface area contributed by atoms with Gasteiger partial charge in [-0.05, 0) is 48.9 Å². The molecule has 2 aromatic carbocycles. The summed E-state index contributed by atoms with van der Waals surface area (Å²) in [6.07, 6.45) is 0.712. The molecule has 1 aromatic heterocycles. The molecule has 1 aliphatic rings. The van der Waals surface area contributed by atoms with Gasteiger partial charge in [0.05, 0.1) is 0 Å². The molecule has 0 radical (unpaired) electrons. The van der Waals surface area contributed by atoms with Gasteiger partial charge in [0.15, 0.2) is 0 Å². The largest absolute Gasteiger partial charge is 0.368 e. The highest BCUT2D eigenvalue weighted by Gasteiger charge is 2.23. The molecule has 4 rings (SSSR count). The standard InChI is InChI=1S/C22H23FN4O2/c1-3-20-24-21(25-29-20)16-6-8-18(9-7-16)26-10-12-27(13-11-26)22(28)17-5-4-15(2)19(23)14-17/h4-9,14H,3,10-13H2,1-2H3. The number of rotatable bonds is 4. The first-order chi connectivity index (χ1) is 14.0. The number of carbonyl (C=O) groups is 1. The van der Waals surface area contributed by atoms with Crippen LogP contribution in [0.5, 0.6) is 0 Å². The Kier molecular flexibility index (Phi) is 5.29. The van der Waals surface area contributed by atoms with Crippen LogP contribution in [0.3, 0.4) is 0 Å². The van der Waals surface area contributed by atoms with Crippen molar-refractivity contribution >= 4 is 11.6 Å². The van der Waals surface area contributed by atoms with Crippen molar-refractivity contribution in [1.29, 1.82) is 0 Å². The topological polar surface area (TPSA) is 62.5 Å². The van der Waals surface area contributed by atoms with Gasteiger partial charge in [0, 0.05) is 49.4 Å². The lowest BCUT2D eigenvalue weighted by atomic mass is 10.1. The van der Waals surface area contributed by atoms with Crippen molar-refractivity contribution in [2.75, 3.05) is 31.1 Å². The summed E-state index contributed by atoms with van der Waals surface area (Å²) in [7, 11) is 0. The summed E-state index contributed by atoms with van der Waals surface area (Å²) in [6.45, 7) is 6.31. The van der Waals surface area contributed by atoms with Gasteiger partial charge in [0.25, 0.3) is 5.91 Å². The van der Waals surface area contributed by atoms with Crippen LogP contribution in [-0.2, 0) is 6.42 Å². The Morgan fingerprint density at radius 3 is 2.45 bits per heavy atom. The van der Waals surface area contributed by atoms with Gasteiger partial charge in [-0.15, -0.1) is 0 Å². The van der Waals surface area contributed by atoms with Gasteiger partial charge < -0.3 is 14.3 Å².